The van der Waals surface area contributed by atoms with Gasteiger partial charge in [-0.25, -0.2) is 0 Å². The van der Waals surface area contributed by atoms with E-state index in [2.05, 4.69) is 23.0 Å². The summed E-state index contributed by atoms with van der Waals surface area (Å²) in [6, 6.07) is 18.3. The normalized spacial score (nSPS) is 14.2. The molecule has 1 aliphatic heterocycles. The van der Waals surface area contributed by atoms with Gasteiger partial charge < -0.3 is 34.3 Å². The smallest absolute Gasteiger partial charge is 0.272 e. The van der Waals surface area contributed by atoms with Crippen LogP contribution in [0.4, 0.5) is 11.4 Å². The Morgan fingerprint density at radius 2 is 1.39 bits per heavy atom. The molecule has 0 atom stereocenters. The van der Waals surface area contributed by atoms with Crippen molar-refractivity contribution in [2.75, 3.05) is 51.0 Å². The van der Waals surface area contributed by atoms with E-state index < -0.39 is 0 Å². The van der Waals surface area contributed by atoms with Crippen LogP contribution in [-0.4, -0.2) is 71.7 Å². The minimum atomic E-state index is -0.352. The Balaban J connectivity index is 1.15. The van der Waals surface area contributed by atoms with Gasteiger partial charge in [0.2, 0.25) is 0 Å². The van der Waals surface area contributed by atoms with Crippen molar-refractivity contribution in [3.05, 3.63) is 101 Å². The lowest BCUT2D eigenvalue weighted by Gasteiger charge is -2.37. The first-order chi connectivity index (χ1) is 22.1. The highest BCUT2D eigenvalue weighted by Gasteiger charge is 2.24. The number of nitrogens with one attached hydrogen (secondary N) is 3. The molecular formula is C36H43N6O4+. The molecule has 0 bridgehead atoms. The van der Waals surface area contributed by atoms with Crippen LogP contribution in [-0.2, 0) is 14.1 Å². The molecule has 2 aromatic heterocycles. The molecule has 4 aromatic rings. The minimum Gasteiger partial charge on any atom is -0.497 e. The molecule has 3 amide bonds. The second-order valence-electron chi connectivity index (χ2n) is 12.2. The van der Waals surface area contributed by atoms with Crippen LogP contribution >= 0.6 is 0 Å². The first-order valence-electron chi connectivity index (χ1n) is 15.6. The van der Waals surface area contributed by atoms with E-state index in [0.717, 1.165) is 41.0 Å². The van der Waals surface area contributed by atoms with Crippen LogP contribution in [0.15, 0.2) is 73.1 Å². The highest BCUT2D eigenvalue weighted by molar-refractivity contribution is 6.07. The molecule has 2 aromatic carbocycles. The van der Waals surface area contributed by atoms with Crippen LogP contribution in [0.25, 0.3) is 12.2 Å². The first kappa shape index (κ1) is 32.3. The number of carbonyl (C=O) groups is 3. The summed E-state index contributed by atoms with van der Waals surface area (Å²) in [4.78, 5) is 39.0. The molecular weight excluding hydrogens is 580 g/mol. The fourth-order valence-electron chi connectivity index (χ4n) is 5.83. The second-order valence-corrected chi connectivity index (χ2v) is 12.2. The predicted octanol–water partition coefficient (Wildman–Crippen LogP) is 5.41. The molecule has 10 nitrogen and oxygen atoms in total. The summed E-state index contributed by atoms with van der Waals surface area (Å²) in [5, 5.41) is 8.78. The molecule has 1 aliphatic rings. The van der Waals surface area contributed by atoms with Crippen molar-refractivity contribution in [2.45, 2.75) is 19.3 Å². The van der Waals surface area contributed by atoms with Gasteiger partial charge in [-0.05, 0) is 66.8 Å². The van der Waals surface area contributed by atoms with Gasteiger partial charge in [-0.3, -0.25) is 14.4 Å². The Morgan fingerprint density at radius 3 is 2.04 bits per heavy atom. The lowest BCUT2D eigenvalue weighted by molar-refractivity contribution is -0.912. The number of hydrogen-bond acceptors (Lipinski definition) is 4. The number of nitrogens with zero attached hydrogens (tertiary/aromatic N) is 3. The summed E-state index contributed by atoms with van der Waals surface area (Å²) in [5.74, 6) is -0.0130. The molecule has 3 heterocycles. The van der Waals surface area contributed by atoms with Gasteiger partial charge >= 0.3 is 0 Å². The van der Waals surface area contributed by atoms with Crippen LogP contribution in [0.1, 0.15) is 61.7 Å². The van der Waals surface area contributed by atoms with Crippen molar-refractivity contribution in [2.24, 2.45) is 14.1 Å². The molecule has 240 valence electrons. The minimum absolute atomic E-state index is 0.170. The summed E-state index contributed by atoms with van der Waals surface area (Å²) in [6.07, 6.45) is 11.1. The van der Waals surface area contributed by atoms with Crippen LogP contribution in [0.3, 0.4) is 0 Å². The number of methoxy groups -OCH3 is 1. The number of anilines is 2. The van der Waals surface area contributed by atoms with Gasteiger partial charge in [0.05, 0.1) is 51.7 Å². The van der Waals surface area contributed by atoms with Crippen molar-refractivity contribution in [3.63, 3.8) is 0 Å². The number of ether oxygens (including phenoxy) is 1. The summed E-state index contributed by atoms with van der Waals surface area (Å²) in [7, 11) is 7.41. The molecule has 5 rings (SSSR count). The maximum absolute atomic E-state index is 13.1. The van der Waals surface area contributed by atoms with Crippen LogP contribution in [0.2, 0.25) is 0 Å². The number of likely N-dealkylation sites (N-methyl/N-ethyl adjacent to an activating group) is 1. The monoisotopic (exact) mass is 623 g/mol. The third-order valence-corrected chi connectivity index (χ3v) is 8.56. The van der Waals surface area contributed by atoms with Crippen molar-refractivity contribution in [1.82, 2.24) is 14.5 Å². The van der Waals surface area contributed by atoms with E-state index in [0.29, 0.717) is 34.9 Å². The lowest BCUT2D eigenvalue weighted by atomic mass is 10.1. The number of benzene rings is 2. The van der Waals surface area contributed by atoms with Gasteiger partial charge in [0, 0.05) is 32.1 Å². The molecule has 0 aliphatic carbocycles. The third-order valence-electron chi connectivity index (χ3n) is 8.56. The number of aryl methyl sites for hydroxylation is 2. The van der Waals surface area contributed by atoms with Crippen molar-refractivity contribution >= 4 is 41.2 Å². The van der Waals surface area contributed by atoms with E-state index in [1.807, 2.05) is 48.6 Å². The molecule has 10 heteroatoms. The van der Waals surface area contributed by atoms with E-state index in [-0.39, 0.29) is 17.7 Å². The fraction of sp³-hybridized carbons (Fsp3) is 0.306. The van der Waals surface area contributed by atoms with E-state index >= 15 is 0 Å². The Morgan fingerprint density at radius 1 is 0.783 bits per heavy atom. The highest BCUT2D eigenvalue weighted by atomic mass is 16.5. The molecule has 0 saturated carbocycles. The molecule has 0 unspecified atom stereocenters. The topological polar surface area (TPSA) is 106 Å². The maximum atomic E-state index is 13.1. The number of likely N-dealkylation sites (tertiary alicyclic amines) is 1. The van der Waals surface area contributed by atoms with Crippen molar-refractivity contribution in [1.29, 1.82) is 0 Å². The number of carbonyl (C=O) groups excluding carboxylic acids is 3. The Labute approximate surface area is 270 Å². The van der Waals surface area contributed by atoms with E-state index in [9.17, 15) is 14.4 Å². The summed E-state index contributed by atoms with van der Waals surface area (Å²) in [6.45, 7) is 3.81. The quantitative estimate of drug-likeness (QED) is 0.154. The fourth-order valence-corrected chi connectivity index (χ4v) is 5.83. The van der Waals surface area contributed by atoms with Crippen LogP contribution in [0, 0.1) is 0 Å². The zero-order valence-corrected chi connectivity index (χ0v) is 27.0. The number of piperidine rings is 1. The van der Waals surface area contributed by atoms with Crippen LogP contribution in [0.5, 0.6) is 5.75 Å². The van der Waals surface area contributed by atoms with Crippen LogP contribution < -0.4 is 20.7 Å². The number of rotatable bonds is 11. The largest absolute Gasteiger partial charge is 0.497 e. The van der Waals surface area contributed by atoms with Gasteiger partial charge in [-0.2, -0.15) is 0 Å². The van der Waals surface area contributed by atoms with Gasteiger partial charge in [0.25, 0.3) is 17.7 Å². The number of amides is 3. The molecule has 1 fully saturated rings. The number of quaternary nitrogens is 1. The van der Waals surface area contributed by atoms with E-state index in [4.69, 9.17) is 4.74 Å². The standard InChI is InChI=1S/C36H42N6O4/c1-40-25-30(22-32(40)35(44)37-17-20-42(3)18-6-5-7-19-42)39-36(45)33-23-29(24-41(33)2)38-34(43)28-15-13-26(14-16-28)11-12-27-9-8-10-31(21-27)46-4/h8-16,21-25H,5-7,17-20H2,1-4H3,(H2-,37,38,39,43,44,45)/p+1/b12-11+. The Bertz CT molecular complexity index is 1730. The average Bonchev–Trinajstić information content (AvgIpc) is 3.61. The zero-order chi connectivity index (χ0) is 32.7. The van der Waals surface area contributed by atoms with E-state index in [1.54, 1.807) is 67.0 Å². The van der Waals surface area contributed by atoms with Gasteiger partial charge in [0.15, 0.2) is 0 Å². The molecule has 3 N–H and O–H groups in total. The average molecular weight is 624 g/mol. The summed E-state index contributed by atoms with van der Waals surface area (Å²) >= 11 is 0. The first-order valence-corrected chi connectivity index (χ1v) is 15.6. The second kappa shape index (κ2) is 14.3. The summed E-state index contributed by atoms with van der Waals surface area (Å²) < 4.78 is 9.62. The van der Waals surface area contributed by atoms with E-state index in [1.165, 1.54) is 19.3 Å². The zero-order valence-electron chi connectivity index (χ0n) is 27.0. The molecule has 0 spiro atoms. The van der Waals surface area contributed by atoms with Gasteiger partial charge in [0.1, 0.15) is 17.1 Å². The Kier molecular flexibility index (Phi) is 10.1. The van der Waals surface area contributed by atoms with Crippen molar-refractivity contribution < 1.29 is 23.6 Å². The molecule has 46 heavy (non-hydrogen) atoms. The lowest BCUT2D eigenvalue weighted by Crippen LogP contribution is -2.51. The highest BCUT2D eigenvalue weighted by Crippen LogP contribution is 2.20. The molecule has 1 saturated heterocycles. The van der Waals surface area contributed by atoms with Gasteiger partial charge in [-0.15, -0.1) is 0 Å². The predicted molar refractivity (Wildman–Crippen MR) is 182 cm³/mol. The number of aromatic nitrogens is 2. The van der Waals surface area contributed by atoms with Crippen molar-refractivity contribution in [3.8, 4) is 5.75 Å². The molecule has 0 radical (unpaired) electrons. The SMILES string of the molecule is COc1cccc(/C=C/c2ccc(C(=O)Nc3cc(C(=O)Nc4cc(C(=O)NCC[N+]5(C)CCCCC5)n(C)c4)n(C)c3)cc2)c1. The number of hydrogen-bond donors (Lipinski definition) is 3. The third kappa shape index (κ3) is 8.13. The summed E-state index contributed by atoms with van der Waals surface area (Å²) in [5.41, 5.74) is 4.30. The maximum Gasteiger partial charge on any atom is 0.272 e. The van der Waals surface area contributed by atoms with Gasteiger partial charge in [-0.1, -0.05) is 36.4 Å². The Hall–Kier alpha value is -5.09.